The van der Waals surface area contributed by atoms with Gasteiger partial charge in [0.1, 0.15) is 5.75 Å². The first-order valence-corrected chi connectivity index (χ1v) is 8.54. The highest BCUT2D eigenvalue weighted by molar-refractivity contribution is 7.88. The minimum atomic E-state index is -3.43. The van der Waals surface area contributed by atoms with Crippen LogP contribution in [0.2, 0.25) is 5.02 Å². The lowest BCUT2D eigenvalue weighted by Gasteiger charge is -2.21. The van der Waals surface area contributed by atoms with Crippen LogP contribution in [-0.4, -0.2) is 21.8 Å². The Bertz CT molecular complexity index is 731. The maximum absolute atomic E-state index is 11.7. The Balaban J connectivity index is 2.59. The molecule has 2 aromatic carbocycles. The molecule has 0 radical (unpaired) electrons. The minimum Gasteiger partial charge on any atom is -0.496 e. The van der Waals surface area contributed by atoms with Crippen molar-refractivity contribution < 1.29 is 13.2 Å². The fourth-order valence-electron chi connectivity index (χ4n) is 2.12. The first-order valence-electron chi connectivity index (χ1n) is 6.27. The van der Waals surface area contributed by atoms with Gasteiger partial charge in [-0.05, 0) is 17.7 Å². The van der Waals surface area contributed by atoms with E-state index in [4.69, 9.17) is 16.3 Å². The Kier molecular flexibility index (Phi) is 4.88. The van der Waals surface area contributed by atoms with Crippen LogP contribution in [0.5, 0.6) is 5.75 Å². The van der Waals surface area contributed by atoms with E-state index in [-0.39, 0.29) is 0 Å². The van der Waals surface area contributed by atoms with Crippen LogP contribution in [0.15, 0.2) is 48.5 Å². The van der Waals surface area contributed by atoms with Crippen LogP contribution in [0.1, 0.15) is 17.2 Å². The molecule has 0 fully saturated rings. The number of ether oxygens (including phenoxy) is 1. The SMILES string of the molecule is COc1ccccc1[C@@H](NS(C)(=O)=O)c1ccccc1Cl. The third kappa shape index (κ3) is 3.97. The van der Waals surface area contributed by atoms with Gasteiger partial charge in [0.05, 0.1) is 19.4 Å². The number of benzene rings is 2. The molecule has 6 heteroatoms. The van der Waals surface area contributed by atoms with Crippen molar-refractivity contribution in [3.8, 4) is 5.75 Å². The Labute approximate surface area is 129 Å². The van der Waals surface area contributed by atoms with Crippen LogP contribution in [-0.2, 0) is 10.0 Å². The van der Waals surface area contributed by atoms with Crippen molar-refractivity contribution in [1.29, 1.82) is 0 Å². The molecule has 21 heavy (non-hydrogen) atoms. The van der Waals surface area contributed by atoms with Gasteiger partial charge in [-0.15, -0.1) is 0 Å². The number of nitrogens with one attached hydrogen (secondary N) is 1. The number of rotatable bonds is 5. The molecule has 0 aromatic heterocycles. The second kappa shape index (κ2) is 6.47. The molecule has 0 aliphatic rings. The zero-order chi connectivity index (χ0) is 15.5. The summed E-state index contributed by atoms with van der Waals surface area (Å²) in [4.78, 5) is 0. The number of para-hydroxylation sites is 1. The Morgan fingerprint density at radius 1 is 1.05 bits per heavy atom. The highest BCUT2D eigenvalue weighted by Crippen LogP contribution is 2.33. The van der Waals surface area contributed by atoms with Crippen LogP contribution in [0.4, 0.5) is 0 Å². The smallest absolute Gasteiger partial charge is 0.209 e. The predicted molar refractivity (Wildman–Crippen MR) is 84.3 cm³/mol. The van der Waals surface area contributed by atoms with E-state index in [0.29, 0.717) is 21.9 Å². The molecule has 0 aliphatic heterocycles. The highest BCUT2D eigenvalue weighted by atomic mass is 35.5. The summed E-state index contributed by atoms with van der Waals surface area (Å²) in [6, 6.07) is 13.8. The van der Waals surface area contributed by atoms with E-state index < -0.39 is 16.1 Å². The van der Waals surface area contributed by atoms with E-state index in [0.717, 1.165) is 6.26 Å². The van der Waals surface area contributed by atoms with E-state index in [2.05, 4.69) is 4.72 Å². The van der Waals surface area contributed by atoms with E-state index in [1.807, 2.05) is 24.3 Å². The van der Waals surface area contributed by atoms with Gasteiger partial charge >= 0.3 is 0 Å². The number of hydrogen-bond acceptors (Lipinski definition) is 3. The third-order valence-corrected chi connectivity index (χ3v) is 4.01. The summed E-state index contributed by atoms with van der Waals surface area (Å²) in [6.45, 7) is 0. The van der Waals surface area contributed by atoms with Gasteiger partial charge in [-0.25, -0.2) is 13.1 Å². The molecule has 0 aliphatic carbocycles. The van der Waals surface area contributed by atoms with E-state index >= 15 is 0 Å². The quantitative estimate of drug-likeness (QED) is 0.919. The lowest BCUT2D eigenvalue weighted by molar-refractivity contribution is 0.406. The Morgan fingerprint density at radius 3 is 2.19 bits per heavy atom. The number of sulfonamides is 1. The largest absolute Gasteiger partial charge is 0.496 e. The van der Waals surface area contributed by atoms with Crippen molar-refractivity contribution in [2.45, 2.75) is 6.04 Å². The Morgan fingerprint density at radius 2 is 1.62 bits per heavy atom. The summed E-state index contributed by atoms with van der Waals surface area (Å²) in [5.74, 6) is 0.596. The standard InChI is InChI=1S/C15H16ClNO3S/c1-20-14-10-6-4-8-12(14)15(17-21(2,18)19)11-7-3-5-9-13(11)16/h3-10,15,17H,1-2H3/t15-/m0/s1. The van der Waals surface area contributed by atoms with Crippen molar-refractivity contribution in [3.05, 3.63) is 64.7 Å². The first kappa shape index (κ1) is 15.8. The number of methoxy groups -OCH3 is 1. The molecule has 1 N–H and O–H groups in total. The maximum atomic E-state index is 11.7. The van der Waals surface area contributed by atoms with Gasteiger partial charge < -0.3 is 4.74 Å². The zero-order valence-corrected chi connectivity index (χ0v) is 13.3. The summed E-state index contributed by atoms with van der Waals surface area (Å²) in [5.41, 5.74) is 1.38. The summed E-state index contributed by atoms with van der Waals surface area (Å²) >= 11 is 6.22. The Hall–Kier alpha value is -1.56. The zero-order valence-electron chi connectivity index (χ0n) is 11.7. The first-order chi connectivity index (χ1) is 9.92. The van der Waals surface area contributed by atoms with Crippen molar-refractivity contribution >= 4 is 21.6 Å². The van der Waals surface area contributed by atoms with E-state index in [9.17, 15) is 8.42 Å². The average Bonchev–Trinajstić information content (AvgIpc) is 2.44. The maximum Gasteiger partial charge on any atom is 0.209 e. The fraction of sp³-hybridized carbons (Fsp3) is 0.200. The van der Waals surface area contributed by atoms with Crippen molar-refractivity contribution in [3.63, 3.8) is 0 Å². The molecule has 0 saturated carbocycles. The summed E-state index contributed by atoms with van der Waals surface area (Å²) in [6.07, 6.45) is 1.12. The molecule has 1 atom stereocenters. The topological polar surface area (TPSA) is 55.4 Å². The normalized spacial score (nSPS) is 12.9. The van der Waals surface area contributed by atoms with Gasteiger partial charge in [0.25, 0.3) is 0 Å². The molecular formula is C15H16ClNO3S. The molecule has 0 spiro atoms. The van der Waals surface area contributed by atoms with Gasteiger partial charge in [0.15, 0.2) is 0 Å². The van der Waals surface area contributed by atoms with Crippen LogP contribution in [0, 0.1) is 0 Å². The van der Waals surface area contributed by atoms with Crippen molar-refractivity contribution in [1.82, 2.24) is 4.72 Å². The lowest BCUT2D eigenvalue weighted by Crippen LogP contribution is -2.28. The van der Waals surface area contributed by atoms with Crippen LogP contribution < -0.4 is 9.46 Å². The lowest BCUT2D eigenvalue weighted by atomic mass is 9.99. The molecule has 0 bridgehead atoms. The molecule has 0 unspecified atom stereocenters. The van der Waals surface area contributed by atoms with Gasteiger partial charge in [-0.3, -0.25) is 0 Å². The van der Waals surface area contributed by atoms with Gasteiger partial charge in [0, 0.05) is 10.6 Å². The molecule has 0 saturated heterocycles. The minimum absolute atomic E-state index is 0.490. The van der Waals surface area contributed by atoms with Crippen LogP contribution in [0.3, 0.4) is 0 Å². The third-order valence-electron chi connectivity index (χ3n) is 3.00. The van der Waals surface area contributed by atoms with Gasteiger partial charge in [-0.2, -0.15) is 0 Å². The molecule has 112 valence electrons. The van der Waals surface area contributed by atoms with Crippen molar-refractivity contribution in [2.75, 3.05) is 13.4 Å². The summed E-state index contributed by atoms with van der Waals surface area (Å²) < 4.78 is 31.3. The second-order valence-electron chi connectivity index (χ2n) is 4.59. The number of hydrogen-bond donors (Lipinski definition) is 1. The van der Waals surface area contributed by atoms with Crippen LogP contribution >= 0.6 is 11.6 Å². The van der Waals surface area contributed by atoms with Crippen LogP contribution in [0.25, 0.3) is 0 Å². The molecule has 0 amide bonds. The monoisotopic (exact) mass is 325 g/mol. The van der Waals surface area contributed by atoms with Gasteiger partial charge in [0.2, 0.25) is 10.0 Å². The van der Waals surface area contributed by atoms with E-state index in [1.54, 1.807) is 31.4 Å². The number of halogens is 1. The van der Waals surface area contributed by atoms with Crippen molar-refractivity contribution in [2.24, 2.45) is 0 Å². The summed E-state index contributed by atoms with van der Waals surface area (Å²) in [7, 11) is -1.88. The molecule has 0 heterocycles. The molecule has 2 aromatic rings. The second-order valence-corrected chi connectivity index (χ2v) is 6.77. The predicted octanol–water partition coefficient (Wildman–Crippen LogP) is 2.99. The molecule has 2 rings (SSSR count). The van der Waals surface area contributed by atoms with Gasteiger partial charge in [-0.1, -0.05) is 48.0 Å². The fourth-order valence-corrected chi connectivity index (χ4v) is 3.05. The highest BCUT2D eigenvalue weighted by Gasteiger charge is 2.23. The molecule has 4 nitrogen and oxygen atoms in total. The van der Waals surface area contributed by atoms with E-state index in [1.165, 1.54) is 0 Å². The summed E-state index contributed by atoms with van der Waals surface area (Å²) in [5, 5.41) is 0.490. The molecular weight excluding hydrogens is 310 g/mol. The average molecular weight is 326 g/mol.